The van der Waals surface area contributed by atoms with Gasteiger partial charge < -0.3 is 16.3 Å². The van der Waals surface area contributed by atoms with Crippen LogP contribution in [0.4, 0.5) is 0 Å². The minimum Gasteiger partial charge on any atom is -0.550 e. The van der Waals surface area contributed by atoms with Gasteiger partial charge in [-0.3, -0.25) is 0 Å². The van der Waals surface area contributed by atoms with Gasteiger partial charge >= 0.3 is 17.1 Å². The number of aliphatic carboxylic acids is 1. The average Bonchev–Trinajstić information content (AvgIpc) is 2.08. The molecule has 0 unspecified atom stereocenters. The van der Waals surface area contributed by atoms with Crippen molar-refractivity contribution in [3.05, 3.63) is 6.42 Å². The Balaban J connectivity index is 0. The molecule has 1 rings (SSSR count). The Morgan fingerprint density at radius 2 is 1.85 bits per heavy atom. The molecule has 0 saturated heterocycles. The quantitative estimate of drug-likeness (QED) is 0.538. The summed E-state index contributed by atoms with van der Waals surface area (Å²) in [6.07, 6.45) is 10.3. The number of carbonyl (C=O) groups is 1. The second-order valence-corrected chi connectivity index (χ2v) is 3.05. The van der Waals surface area contributed by atoms with Crippen molar-refractivity contribution in [2.75, 3.05) is 0 Å². The summed E-state index contributed by atoms with van der Waals surface area (Å²) >= 11 is 0. The molecule has 0 atom stereocenters. The van der Waals surface area contributed by atoms with E-state index in [0.29, 0.717) is 6.42 Å². The van der Waals surface area contributed by atoms with Crippen LogP contribution in [0.1, 0.15) is 51.9 Å². The molecular weight excluding hydrogens is 216 g/mol. The molecule has 1 saturated carbocycles. The monoisotopic (exact) mass is 233 g/mol. The van der Waals surface area contributed by atoms with Gasteiger partial charge in [-0.05, 0) is 6.42 Å². The first-order valence-electron chi connectivity index (χ1n) is 4.79. The molecule has 0 aliphatic heterocycles. The van der Waals surface area contributed by atoms with E-state index in [-0.39, 0.29) is 23.5 Å². The molecule has 0 bridgehead atoms. The van der Waals surface area contributed by atoms with Crippen molar-refractivity contribution >= 4 is 5.97 Å². The summed E-state index contributed by atoms with van der Waals surface area (Å²) in [6, 6.07) is 0. The molecule has 1 fully saturated rings. The minimum absolute atomic E-state index is 0. The molecule has 0 aromatic carbocycles. The summed E-state index contributed by atoms with van der Waals surface area (Å²) in [7, 11) is 0. The Morgan fingerprint density at radius 3 is 1.92 bits per heavy atom. The van der Waals surface area contributed by atoms with Crippen LogP contribution in [0.15, 0.2) is 0 Å². The van der Waals surface area contributed by atoms with Crippen LogP contribution in [-0.4, -0.2) is 5.97 Å². The molecule has 0 amide bonds. The zero-order chi connectivity index (χ0) is 9.23. The molecule has 1 aliphatic rings. The van der Waals surface area contributed by atoms with E-state index in [1.54, 1.807) is 6.92 Å². The van der Waals surface area contributed by atoms with Gasteiger partial charge in [-0.25, -0.2) is 0 Å². The van der Waals surface area contributed by atoms with Gasteiger partial charge in [0.05, 0.1) is 0 Å². The van der Waals surface area contributed by atoms with E-state index >= 15 is 0 Å². The van der Waals surface area contributed by atoms with Crippen molar-refractivity contribution in [3.63, 3.8) is 0 Å². The molecule has 3 heteroatoms. The zero-order valence-corrected chi connectivity index (χ0v) is 9.09. The molecule has 1 radical (unpaired) electrons. The largest absolute Gasteiger partial charge is 2.00 e. The maximum atomic E-state index is 9.49. The summed E-state index contributed by atoms with van der Waals surface area (Å²) < 4.78 is 0. The van der Waals surface area contributed by atoms with Crippen molar-refractivity contribution < 1.29 is 27.0 Å². The van der Waals surface area contributed by atoms with Gasteiger partial charge in [-0.2, -0.15) is 12.8 Å². The Morgan fingerprint density at radius 1 is 1.31 bits per heavy atom. The van der Waals surface area contributed by atoms with E-state index in [4.69, 9.17) is 0 Å². The third-order valence-corrected chi connectivity index (χ3v) is 1.77. The van der Waals surface area contributed by atoms with Gasteiger partial charge in [-0.15, -0.1) is 0 Å². The van der Waals surface area contributed by atoms with E-state index in [1.165, 1.54) is 32.1 Å². The predicted molar refractivity (Wildman–Crippen MR) is 47.3 cm³/mol. The number of hydrogen-bond donors (Lipinski definition) is 0. The SMILES string of the molecule is CCCC(=O)[O-].[CH-]1CCCCC1.[Cu+2]. The Kier molecular flexibility index (Phi) is 14.3. The van der Waals surface area contributed by atoms with Gasteiger partial charge in [0, 0.05) is 5.97 Å². The molecule has 0 N–H and O–H groups in total. The van der Waals surface area contributed by atoms with Gasteiger partial charge in [0.2, 0.25) is 0 Å². The fourth-order valence-corrected chi connectivity index (χ4v) is 1.10. The first-order valence-corrected chi connectivity index (χ1v) is 4.79. The van der Waals surface area contributed by atoms with E-state index < -0.39 is 5.97 Å². The summed E-state index contributed by atoms with van der Waals surface area (Å²) in [5.41, 5.74) is 0. The third kappa shape index (κ3) is 14.8. The number of hydrogen-bond acceptors (Lipinski definition) is 2. The Labute approximate surface area is 91.6 Å². The van der Waals surface area contributed by atoms with Crippen LogP contribution < -0.4 is 5.11 Å². The third-order valence-electron chi connectivity index (χ3n) is 1.77. The fraction of sp³-hybridized carbons (Fsp3) is 0.800. The fourth-order valence-electron chi connectivity index (χ4n) is 1.10. The minimum atomic E-state index is -0.961. The standard InChI is InChI=1S/C6H11.C4H8O2.Cu/c1-2-4-6-5-3-1;1-2-3-4(5)6;/h1H,2-6H2;2-3H2,1H3,(H,5,6);/q-1;;+2/p-1. The number of carboxylic acid groups (broad SMARTS) is 1. The zero-order valence-electron chi connectivity index (χ0n) is 8.15. The molecule has 0 aromatic rings. The van der Waals surface area contributed by atoms with Crippen LogP contribution in [0.25, 0.3) is 0 Å². The average molecular weight is 234 g/mol. The number of carboxylic acids is 1. The second-order valence-electron chi connectivity index (χ2n) is 3.05. The van der Waals surface area contributed by atoms with E-state index in [2.05, 4.69) is 6.42 Å². The molecule has 0 spiro atoms. The van der Waals surface area contributed by atoms with Crippen molar-refractivity contribution in [1.29, 1.82) is 0 Å². The van der Waals surface area contributed by atoms with Crippen LogP contribution in [0.3, 0.4) is 0 Å². The van der Waals surface area contributed by atoms with Gasteiger partial charge in [0.25, 0.3) is 0 Å². The summed E-state index contributed by atoms with van der Waals surface area (Å²) in [6.45, 7) is 1.80. The summed E-state index contributed by atoms with van der Waals surface area (Å²) in [5.74, 6) is -0.961. The van der Waals surface area contributed by atoms with Gasteiger partial charge in [0.1, 0.15) is 0 Å². The maximum Gasteiger partial charge on any atom is 2.00 e. The molecule has 0 heterocycles. The topological polar surface area (TPSA) is 40.1 Å². The molecular formula is C10H18CuO2. The normalized spacial score (nSPS) is 14.8. The summed E-state index contributed by atoms with van der Waals surface area (Å²) in [4.78, 5) is 9.49. The predicted octanol–water partition coefficient (Wildman–Crippen LogP) is 1.69. The Hall–Kier alpha value is -0.0105. The smallest absolute Gasteiger partial charge is 0.550 e. The van der Waals surface area contributed by atoms with Crippen LogP contribution in [0, 0.1) is 6.42 Å². The number of carbonyl (C=O) groups excluding carboxylic acids is 1. The Bertz CT molecular complexity index is 100.0. The first-order chi connectivity index (χ1) is 5.77. The number of rotatable bonds is 2. The van der Waals surface area contributed by atoms with Gasteiger partial charge in [-0.1, -0.05) is 32.6 Å². The van der Waals surface area contributed by atoms with Crippen LogP contribution >= 0.6 is 0 Å². The second kappa shape index (κ2) is 12.0. The first kappa shape index (κ1) is 15.5. The van der Waals surface area contributed by atoms with Crippen molar-refractivity contribution in [1.82, 2.24) is 0 Å². The van der Waals surface area contributed by atoms with E-state index in [0.717, 1.165) is 0 Å². The molecule has 0 aromatic heterocycles. The van der Waals surface area contributed by atoms with Crippen LogP contribution in [-0.2, 0) is 21.9 Å². The van der Waals surface area contributed by atoms with Crippen molar-refractivity contribution in [3.8, 4) is 0 Å². The van der Waals surface area contributed by atoms with E-state index in [9.17, 15) is 9.90 Å². The van der Waals surface area contributed by atoms with Crippen LogP contribution in [0.5, 0.6) is 0 Å². The molecule has 2 nitrogen and oxygen atoms in total. The molecule has 1 aliphatic carbocycles. The maximum absolute atomic E-state index is 9.49. The molecule has 81 valence electrons. The van der Waals surface area contributed by atoms with Crippen molar-refractivity contribution in [2.45, 2.75) is 51.9 Å². The van der Waals surface area contributed by atoms with Gasteiger partial charge in [0.15, 0.2) is 0 Å². The van der Waals surface area contributed by atoms with Crippen molar-refractivity contribution in [2.24, 2.45) is 0 Å². The van der Waals surface area contributed by atoms with E-state index in [1.807, 2.05) is 0 Å². The molecule has 13 heavy (non-hydrogen) atoms. The van der Waals surface area contributed by atoms with Crippen LogP contribution in [0.2, 0.25) is 0 Å². The summed E-state index contributed by atoms with van der Waals surface area (Å²) in [5, 5.41) is 9.49.